The maximum absolute atomic E-state index is 12.3. The molecule has 20 heavy (non-hydrogen) atoms. The second-order valence-electron chi connectivity index (χ2n) is 5.65. The molecule has 0 bridgehead atoms. The van der Waals surface area contributed by atoms with Gasteiger partial charge in [0.05, 0.1) is 0 Å². The molecule has 1 aliphatic carbocycles. The maximum Gasteiger partial charge on any atom is 0.251 e. The molecule has 3 rings (SSSR count). The first-order valence-corrected chi connectivity index (χ1v) is 7.08. The number of fused-ring (bicyclic) bond motifs is 1. The van der Waals surface area contributed by atoms with Crippen LogP contribution in [-0.2, 0) is 12.8 Å². The quantitative estimate of drug-likeness (QED) is 0.887. The smallest absolute Gasteiger partial charge is 0.251 e. The van der Waals surface area contributed by atoms with Crippen LogP contribution in [0.3, 0.4) is 0 Å². The Balaban J connectivity index is 1.70. The Labute approximate surface area is 119 Å². The number of aryl methyl sites for hydroxylation is 2. The fraction of sp³-hybridized carbons (Fsp3) is 0.278. The third-order valence-electron chi connectivity index (χ3n) is 4.16. The summed E-state index contributed by atoms with van der Waals surface area (Å²) in [6.07, 6.45) is 1.87. The molecule has 1 amide bonds. The number of nitrogens with one attached hydrogen (secondary N) is 1. The number of hydrogen-bond acceptors (Lipinski definition) is 1. The van der Waals surface area contributed by atoms with E-state index in [0.29, 0.717) is 0 Å². The second kappa shape index (κ2) is 5.12. The highest BCUT2D eigenvalue weighted by Gasteiger charge is 2.22. The van der Waals surface area contributed by atoms with Crippen LogP contribution >= 0.6 is 0 Å². The largest absolute Gasteiger partial charge is 0.349 e. The van der Waals surface area contributed by atoms with Crippen LogP contribution in [0.2, 0.25) is 0 Å². The van der Waals surface area contributed by atoms with E-state index in [1.807, 2.05) is 25.1 Å². The SMILES string of the molecule is Cc1ccc(C(=O)NC2Cc3ccccc3C2)cc1C. The van der Waals surface area contributed by atoms with E-state index < -0.39 is 0 Å². The minimum atomic E-state index is 0.0332. The normalized spacial score (nSPS) is 14.1. The summed E-state index contributed by atoms with van der Waals surface area (Å²) in [5, 5.41) is 3.15. The fourth-order valence-electron chi connectivity index (χ4n) is 2.81. The monoisotopic (exact) mass is 265 g/mol. The molecule has 0 radical (unpaired) electrons. The molecular weight excluding hydrogens is 246 g/mol. The Hall–Kier alpha value is -2.09. The van der Waals surface area contributed by atoms with Gasteiger partial charge < -0.3 is 5.32 Å². The van der Waals surface area contributed by atoms with Crippen molar-refractivity contribution in [2.45, 2.75) is 32.7 Å². The number of hydrogen-bond donors (Lipinski definition) is 1. The zero-order valence-electron chi connectivity index (χ0n) is 11.9. The molecule has 0 fully saturated rings. The molecule has 0 aromatic heterocycles. The molecule has 0 aliphatic heterocycles. The molecule has 0 saturated carbocycles. The first-order chi connectivity index (χ1) is 9.63. The van der Waals surface area contributed by atoms with Gasteiger partial charge >= 0.3 is 0 Å². The predicted molar refractivity (Wildman–Crippen MR) is 81.0 cm³/mol. The van der Waals surface area contributed by atoms with E-state index >= 15 is 0 Å². The van der Waals surface area contributed by atoms with Crippen molar-refractivity contribution in [2.75, 3.05) is 0 Å². The summed E-state index contributed by atoms with van der Waals surface area (Å²) in [5.41, 5.74) is 5.85. The molecule has 2 aromatic carbocycles. The predicted octanol–water partition coefficient (Wildman–Crippen LogP) is 3.20. The number of rotatable bonds is 2. The van der Waals surface area contributed by atoms with Crippen molar-refractivity contribution >= 4 is 5.91 Å². The zero-order chi connectivity index (χ0) is 14.1. The molecule has 1 N–H and O–H groups in total. The summed E-state index contributed by atoms with van der Waals surface area (Å²) in [4.78, 5) is 12.3. The maximum atomic E-state index is 12.3. The van der Waals surface area contributed by atoms with Crippen molar-refractivity contribution in [1.82, 2.24) is 5.32 Å². The van der Waals surface area contributed by atoms with Crippen LogP contribution in [0.25, 0.3) is 0 Å². The molecule has 2 heteroatoms. The van der Waals surface area contributed by atoms with Gasteiger partial charge in [0, 0.05) is 11.6 Å². The number of carbonyl (C=O) groups is 1. The van der Waals surface area contributed by atoms with Gasteiger partial charge in [-0.05, 0) is 61.1 Å². The van der Waals surface area contributed by atoms with Gasteiger partial charge in [0.15, 0.2) is 0 Å². The number of benzene rings is 2. The van der Waals surface area contributed by atoms with Gasteiger partial charge in [-0.15, -0.1) is 0 Å². The van der Waals surface area contributed by atoms with Gasteiger partial charge in [-0.1, -0.05) is 30.3 Å². The van der Waals surface area contributed by atoms with Crippen LogP contribution in [-0.4, -0.2) is 11.9 Å². The summed E-state index contributed by atoms with van der Waals surface area (Å²) < 4.78 is 0. The van der Waals surface area contributed by atoms with Crippen molar-refractivity contribution < 1.29 is 4.79 Å². The highest BCUT2D eigenvalue weighted by molar-refractivity contribution is 5.94. The molecule has 0 saturated heterocycles. The van der Waals surface area contributed by atoms with E-state index in [9.17, 15) is 4.79 Å². The van der Waals surface area contributed by atoms with E-state index in [1.165, 1.54) is 16.7 Å². The summed E-state index contributed by atoms with van der Waals surface area (Å²) in [6.45, 7) is 4.10. The van der Waals surface area contributed by atoms with Crippen molar-refractivity contribution in [3.8, 4) is 0 Å². The fourth-order valence-corrected chi connectivity index (χ4v) is 2.81. The van der Waals surface area contributed by atoms with E-state index in [4.69, 9.17) is 0 Å². The first kappa shape index (κ1) is 12.9. The van der Waals surface area contributed by atoms with Gasteiger partial charge in [-0.3, -0.25) is 4.79 Å². The lowest BCUT2D eigenvalue weighted by atomic mass is 10.1. The average molecular weight is 265 g/mol. The van der Waals surface area contributed by atoms with Crippen molar-refractivity contribution in [1.29, 1.82) is 0 Å². The Morgan fingerprint density at radius 1 is 1.00 bits per heavy atom. The van der Waals surface area contributed by atoms with Crippen molar-refractivity contribution in [3.63, 3.8) is 0 Å². The molecular formula is C18H19NO. The lowest BCUT2D eigenvalue weighted by Gasteiger charge is -2.13. The molecule has 0 heterocycles. The summed E-state index contributed by atoms with van der Waals surface area (Å²) in [5.74, 6) is 0.0332. The minimum Gasteiger partial charge on any atom is -0.349 e. The summed E-state index contributed by atoms with van der Waals surface area (Å²) in [7, 11) is 0. The van der Waals surface area contributed by atoms with Crippen molar-refractivity contribution in [2.24, 2.45) is 0 Å². The van der Waals surface area contributed by atoms with Gasteiger partial charge in [0.2, 0.25) is 0 Å². The van der Waals surface area contributed by atoms with E-state index in [-0.39, 0.29) is 11.9 Å². The molecule has 0 spiro atoms. The lowest BCUT2D eigenvalue weighted by molar-refractivity contribution is 0.0938. The van der Waals surface area contributed by atoms with Crippen LogP contribution in [0.4, 0.5) is 0 Å². The van der Waals surface area contributed by atoms with E-state index in [1.54, 1.807) is 0 Å². The zero-order valence-corrected chi connectivity index (χ0v) is 11.9. The van der Waals surface area contributed by atoms with Crippen molar-refractivity contribution in [3.05, 3.63) is 70.3 Å². The van der Waals surface area contributed by atoms with Crippen LogP contribution in [0.1, 0.15) is 32.6 Å². The Kier molecular flexibility index (Phi) is 3.31. The summed E-state index contributed by atoms with van der Waals surface area (Å²) in [6, 6.07) is 14.5. The molecule has 0 atom stereocenters. The molecule has 0 unspecified atom stereocenters. The van der Waals surface area contributed by atoms with Gasteiger partial charge in [0.1, 0.15) is 0 Å². The molecule has 2 aromatic rings. The molecule has 2 nitrogen and oxygen atoms in total. The minimum absolute atomic E-state index is 0.0332. The van der Waals surface area contributed by atoms with Crippen LogP contribution in [0.15, 0.2) is 42.5 Å². The first-order valence-electron chi connectivity index (χ1n) is 7.08. The highest BCUT2D eigenvalue weighted by atomic mass is 16.1. The van der Waals surface area contributed by atoms with Gasteiger partial charge in [-0.2, -0.15) is 0 Å². The standard InChI is InChI=1S/C18H19NO/c1-12-7-8-16(9-13(12)2)18(20)19-17-10-14-5-3-4-6-15(14)11-17/h3-9,17H,10-11H2,1-2H3,(H,19,20). The lowest BCUT2D eigenvalue weighted by Crippen LogP contribution is -2.35. The molecule has 102 valence electrons. The Bertz CT molecular complexity index is 635. The van der Waals surface area contributed by atoms with E-state index in [0.717, 1.165) is 24.0 Å². The summed E-state index contributed by atoms with van der Waals surface area (Å²) >= 11 is 0. The average Bonchev–Trinajstić information content (AvgIpc) is 2.83. The van der Waals surface area contributed by atoms with Gasteiger partial charge in [0.25, 0.3) is 5.91 Å². The second-order valence-corrected chi connectivity index (χ2v) is 5.65. The topological polar surface area (TPSA) is 29.1 Å². The third-order valence-corrected chi connectivity index (χ3v) is 4.16. The van der Waals surface area contributed by atoms with Crippen LogP contribution in [0, 0.1) is 13.8 Å². The number of amides is 1. The highest BCUT2D eigenvalue weighted by Crippen LogP contribution is 2.22. The third kappa shape index (κ3) is 2.46. The molecule has 1 aliphatic rings. The number of carbonyl (C=O) groups excluding carboxylic acids is 1. The van der Waals surface area contributed by atoms with E-state index in [2.05, 4.69) is 36.5 Å². The van der Waals surface area contributed by atoms with Crippen LogP contribution < -0.4 is 5.32 Å². The van der Waals surface area contributed by atoms with Crippen LogP contribution in [0.5, 0.6) is 0 Å². The Morgan fingerprint density at radius 3 is 2.25 bits per heavy atom. The Morgan fingerprint density at radius 2 is 1.65 bits per heavy atom. The van der Waals surface area contributed by atoms with Gasteiger partial charge in [-0.25, -0.2) is 0 Å².